The fourth-order valence-corrected chi connectivity index (χ4v) is 13.3. The van der Waals surface area contributed by atoms with Crippen LogP contribution < -0.4 is 41.4 Å². The number of benzene rings is 4. The summed E-state index contributed by atoms with van der Waals surface area (Å²) in [6.07, 6.45) is 10.7. The van der Waals surface area contributed by atoms with Crippen molar-refractivity contribution in [1.29, 1.82) is 0 Å². The first-order chi connectivity index (χ1) is 42.8. The minimum absolute atomic E-state index is 0.0292. The van der Waals surface area contributed by atoms with Gasteiger partial charge < -0.3 is 55.9 Å². The van der Waals surface area contributed by atoms with Crippen molar-refractivity contribution in [3.8, 4) is 11.5 Å². The Morgan fingerprint density at radius 3 is 1.88 bits per heavy atom. The molecule has 5 aliphatic heterocycles. The summed E-state index contributed by atoms with van der Waals surface area (Å²) in [4.78, 5) is 103. The molecule has 88 heavy (non-hydrogen) atoms. The predicted molar refractivity (Wildman–Crippen MR) is 326 cm³/mol. The van der Waals surface area contributed by atoms with Crippen molar-refractivity contribution in [3.05, 3.63) is 130 Å². The van der Waals surface area contributed by atoms with Gasteiger partial charge in [0.2, 0.25) is 41.4 Å². The number of amides is 7. The highest BCUT2D eigenvalue weighted by molar-refractivity contribution is 5.95. The molecule has 7 amide bonds. The van der Waals surface area contributed by atoms with Crippen molar-refractivity contribution >= 4 is 41.4 Å². The Labute approximate surface area is 514 Å². The molecule has 0 spiro atoms. The second kappa shape index (κ2) is 31.1. The monoisotopic (exact) mass is 1210 g/mol. The molecule has 18 nitrogen and oxygen atoms in total. The van der Waals surface area contributed by atoms with Gasteiger partial charge >= 0.3 is 0 Å². The highest BCUT2D eigenvalue weighted by Crippen LogP contribution is 2.38. The molecule has 1 aliphatic carbocycles. The molecule has 20 heteroatoms. The summed E-state index contributed by atoms with van der Waals surface area (Å²) in [6, 6.07) is 20.7. The largest absolute Gasteiger partial charge is 0.494 e. The summed E-state index contributed by atoms with van der Waals surface area (Å²) in [5, 5.41) is 19.2. The standard InChI is InChI=1S/C68H86F2N8O10/c69-50-23-16-44(17-24-50)20-27-53-42-71-57(64(81)72-43-55-11-8-34-87-55)12-1-3-33-88-56-37-47(39-61(67(84)74-53)78-31-7-15-63(78)80)35-49(41-56)48-22-28-52(40-48)73-65(82)58-13-2-4-32-86-54-10-5-9-46(36-54)38-60(77-30-6-14-62(77)79)68(85)76-59(66(83)75-58)29-21-45-18-25-51(70)26-19-45/h5,9-10,16-19,23-26,35-37,41,48,52-53,55,57-61,71H,1-4,6-8,11-15,20-22,27-34,38-40,42-43H2,(H,72,81)(H,73,82)(H,74,84)(H,75,83)(H,76,85)/t48?,52?,53-,55-,57-,58-,59-,60-,61-/m0/s1. The van der Waals surface area contributed by atoms with E-state index in [1.54, 1.807) is 34.1 Å². The fourth-order valence-electron chi connectivity index (χ4n) is 13.3. The highest BCUT2D eigenvalue weighted by atomic mass is 19.1. The predicted octanol–water partition coefficient (Wildman–Crippen LogP) is 6.58. The van der Waals surface area contributed by atoms with Crippen LogP contribution in [0.5, 0.6) is 11.5 Å². The molecule has 6 aliphatic rings. The van der Waals surface area contributed by atoms with E-state index in [4.69, 9.17) is 14.2 Å². The van der Waals surface area contributed by atoms with E-state index in [9.17, 15) is 42.3 Å². The van der Waals surface area contributed by atoms with Gasteiger partial charge in [0.25, 0.3) is 0 Å². The number of carbonyl (C=O) groups is 7. The smallest absolute Gasteiger partial charge is 0.243 e. The number of rotatable bonds is 14. The maximum atomic E-state index is 14.9. The van der Waals surface area contributed by atoms with E-state index in [2.05, 4.69) is 38.0 Å². The molecule has 4 fully saturated rings. The molecular weight excluding hydrogens is 1130 g/mol. The van der Waals surface area contributed by atoms with Gasteiger partial charge in [-0.2, -0.15) is 0 Å². The lowest BCUT2D eigenvalue weighted by Crippen LogP contribution is -2.57. The van der Waals surface area contributed by atoms with E-state index in [0.717, 1.165) is 47.1 Å². The number of aryl methyl sites for hydroxylation is 2. The van der Waals surface area contributed by atoms with Crippen molar-refractivity contribution in [2.24, 2.45) is 0 Å². The van der Waals surface area contributed by atoms with Crippen molar-refractivity contribution < 1.29 is 56.6 Å². The molecule has 6 N–H and O–H groups in total. The third-order valence-electron chi connectivity index (χ3n) is 18.3. The van der Waals surface area contributed by atoms with Gasteiger partial charge in [-0.05, 0) is 191 Å². The third-order valence-corrected chi connectivity index (χ3v) is 18.3. The SMILES string of the molecule is O=C(NC[C@@H]1CCCO1)[C@@H]1CCCCOc2cc(cc(C3CCC(NC(=O)[C@@H]4CCCCOc5cccc(c5)C[C@H](N5CCCC5=O)C(=O)N[C@@H](CCc5ccc(F)cc5)C(=O)N4)C3)c2)C[C@H](N2CCCC2=O)C(=O)N[C@@H](CCc2ccc(F)cc2)CN1. The zero-order valence-electron chi connectivity index (χ0n) is 50.4. The second-order valence-corrected chi connectivity index (χ2v) is 24.8. The number of ether oxygens (including phenoxy) is 3. The van der Waals surface area contributed by atoms with Crippen molar-refractivity contribution in [3.63, 3.8) is 0 Å². The minimum Gasteiger partial charge on any atom is -0.494 e. The average Bonchev–Trinajstić information content (AvgIpc) is 2.82. The van der Waals surface area contributed by atoms with Gasteiger partial charge in [0, 0.05) is 70.6 Å². The van der Waals surface area contributed by atoms with Crippen molar-refractivity contribution in [2.45, 2.75) is 189 Å². The maximum Gasteiger partial charge on any atom is 0.243 e. The Bertz CT molecular complexity index is 3050. The summed E-state index contributed by atoms with van der Waals surface area (Å²) in [6.45, 7) is 2.89. The van der Waals surface area contributed by atoms with Crippen LogP contribution in [0.1, 0.15) is 143 Å². The number of nitrogens with zero attached hydrogens (tertiary/aromatic N) is 2. The van der Waals surface area contributed by atoms with Crippen LogP contribution in [0.3, 0.4) is 0 Å². The molecule has 4 aromatic rings. The van der Waals surface area contributed by atoms with E-state index in [-0.39, 0.29) is 85.6 Å². The quantitative estimate of drug-likeness (QED) is 0.0791. The van der Waals surface area contributed by atoms with Crippen molar-refractivity contribution in [2.75, 3.05) is 46.0 Å². The van der Waals surface area contributed by atoms with Crippen LogP contribution >= 0.6 is 0 Å². The number of likely N-dealkylation sites (tertiary alicyclic amines) is 2. The number of halogens is 2. The topological polar surface area (TPSA) is 226 Å². The van der Waals surface area contributed by atoms with E-state index in [1.165, 1.54) is 24.3 Å². The summed E-state index contributed by atoms with van der Waals surface area (Å²) in [5.41, 5.74) is 4.25. The summed E-state index contributed by atoms with van der Waals surface area (Å²) < 4.78 is 46.4. The number of hydrogen-bond acceptors (Lipinski definition) is 11. The molecule has 0 aromatic heterocycles. The zero-order chi connectivity index (χ0) is 61.4. The van der Waals surface area contributed by atoms with Gasteiger partial charge in [-0.3, -0.25) is 33.6 Å². The molecule has 0 radical (unpaired) electrons. The van der Waals surface area contributed by atoms with Gasteiger partial charge in [0.1, 0.15) is 47.3 Å². The molecule has 2 unspecified atom stereocenters. The Kier molecular flexibility index (Phi) is 22.5. The van der Waals surface area contributed by atoms with E-state index >= 15 is 0 Å². The number of nitrogens with one attached hydrogen (secondary N) is 6. The first kappa shape index (κ1) is 63.6. The number of carbonyl (C=O) groups excluding carboxylic acids is 7. The van der Waals surface area contributed by atoms with E-state index in [0.29, 0.717) is 141 Å². The Morgan fingerprint density at radius 1 is 0.580 bits per heavy atom. The molecule has 4 bridgehead atoms. The lowest BCUT2D eigenvalue weighted by atomic mass is 9.93. The van der Waals surface area contributed by atoms with Crippen LogP contribution in [0.25, 0.3) is 0 Å². The van der Waals surface area contributed by atoms with Gasteiger partial charge in [-0.15, -0.1) is 0 Å². The van der Waals surface area contributed by atoms with Crippen LogP contribution in [-0.4, -0.2) is 146 Å². The minimum atomic E-state index is -1.10. The van der Waals surface area contributed by atoms with Crippen LogP contribution in [0, 0.1) is 11.6 Å². The van der Waals surface area contributed by atoms with Crippen molar-refractivity contribution in [1.82, 2.24) is 41.7 Å². The van der Waals surface area contributed by atoms with E-state index in [1.807, 2.05) is 36.4 Å². The maximum absolute atomic E-state index is 14.9. The Balaban J connectivity index is 0.863. The fraction of sp³-hybridized carbons (Fsp3) is 0.544. The van der Waals surface area contributed by atoms with Crippen LogP contribution in [-0.2, 0) is 64.0 Å². The van der Waals surface area contributed by atoms with Gasteiger partial charge in [0.05, 0.1) is 25.4 Å². The summed E-state index contributed by atoms with van der Waals surface area (Å²) >= 11 is 0. The lowest BCUT2D eigenvalue weighted by Gasteiger charge is -2.31. The third kappa shape index (κ3) is 17.9. The zero-order valence-corrected chi connectivity index (χ0v) is 50.4. The van der Waals surface area contributed by atoms with Crippen LogP contribution in [0.4, 0.5) is 8.78 Å². The highest BCUT2D eigenvalue weighted by Gasteiger charge is 2.38. The normalized spacial score (nSPS) is 26.3. The van der Waals surface area contributed by atoms with E-state index < -0.39 is 53.9 Å². The molecule has 1 saturated carbocycles. The van der Waals surface area contributed by atoms with Gasteiger partial charge in [-0.1, -0.05) is 42.5 Å². The van der Waals surface area contributed by atoms with Crippen LogP contribution in [0.2, 0.25) is 0 Å². The van der Waals surface area contributed by atoms with Gasteiger partial charge in [0.15, 0.2) is 0 Å². The molecule has 4 aromatic carbocycles. The van der Waals surface area contributed by atoms with Crippen LogP contribution in [0.15, 0.2) is 91.0 Å². The Hall–Kier alpha value is -7.45. The first-order valence-corrected chi connectivity index (χ1v) is 32.2. The number of fused-ring (bicyclic) bond motifs is 4. The summed E-state index contributed by atoms with van der Waals surface area (Å²) in [5.74, 6) is -1.64. The average molecular weight is 1210 g/mol. The lowest BCUT2D eigenvalue weighted by molar-refractivity contribution is -0.139. The Morgan fingerprint density at radius 2 is 1.22 bits per heavy atom. The second-order valence-electron chi connectivity index (χ2n) is 24.8. The molecular formula is C68H86F2N8O10. The molecule has 9 atom stereocenters. The number of hydrogen-bond donors (Lipinski definition) is 6. The molecule has 5 heterocycles. The van der Waals surface area contributed by atoms with Gasteiger partial charge in [-0.25, -0.2) is 8.78 Å². The molecule has 10 rings (SSSR count). The molecule has 3 saturated heterocycles. The first-order valence-electron chi connectivity index (χ1n) is 32.2. The summed E-state index contributed by atoms with van der Waals surface area (Å²) in [7, 11) is 0. The molecule has 472 valence electrons.